The van der Waals surface area contributed by atoms with Gasteiger partial charge in [0.2, 0.25) is 5.91 Å². The lowest BCUT2D eigenvalue weighted by Crippen LogP contribution is -2.33. The van der Waals surface area contributed by atoms with Crippen LogP contribution in [0.25, 0.3) is 0 Å². The maximum absolute atomic E-state index is 12.6. The molecule has 1 aliphatic carbocycles. The molecule has 0 bridgehead atoms. The number of aryl methyl sites for hydroxylation is 1. The second-order valence-corrected chi connectivity index (χ2v) is 6.87. The molecule has 108 valence electrons. The summed E-state index contributed by atoms with van der Waals surface area (Å²) in [6, 6.07) is 8.49. The third-order valence-electron chi connectivity index (χ3n) is 4.25. The molecule has 1 amide bonds. The Morgan fingerprint density at radius 3 is 2.90 bits per heavy atom. The van der Waals surface area contributed by atoms with Gasteiger partial charge in [0.25, 0.3) is 0 Å². The normalized spacial score (nSPS) is 23.6. The van der Waals surface area contributed by atoms with Crippen molar-refractivity contribution in [2.45, 2.75) is 37.9 Å². The Morgan fingerprint density at radius 2 is 2.25 bits per heavy atom. The molecule has 1 saturated carbocycles. The highest BCUT2D eigenvalue weighted by molar-refractivity contribution is 7.98. The zero-order chi connectivity index (χ0) is 14.2. The lowest BCUT2D eigenvalue weighted by molar-refractivity contribution is -0.130. The van der Waals surface area contributed by atoms with Crippen LogP contribution in [0.5, 0.6) is 0 Å². The van der Waals surface area contributed by atoms with Crippen LogP contribution in [0.3, 0.4) is 0 Å². The predicted molar refractivity (Wildman–Crippen MR) is 83.7 cm³/mol. The van der Waals surface area contributed by atoms with Crippen molar-refractivity contribution in [2.24, 2.45) is 0 Å². The Bertz CT molecular complexity index is 513. The van der Waals surface area contributed by atoms with Gasteiger partial charge in [0.15, 0.2) is 0 Å². The van der Waals surface area contributed by atoms with Crippen LogP contribution in [0.15, 0.2) is 24.3 Å². The second kappa shape index (κ2) is 5.41. The third-order valence-corrected chi connectivity index (χ3v) is 4.95. The number of nitrogens with zero attached hydrogens (tertiary/aromatic N) is 1. The molecule has 2 aliphatic rings. The van der Waals surface area contributed by atoms with Crippen LogP contribution < -0.4 is 5.32 Å². The van der Waals surface area contributed by atoms with E-state index < -0.39 is 0 Å². The summed E-state index contributed by atoms with van der Waals surface area (Å²) in [6.07, 6.45) is 5.23. The lowest BCUT2D eigenvalue weighted by Gasteiger charge is -2.24. The van der Waals surface area contributed by atoms with Gasteiger partial charge in [-0.25, -0.2) is 0 Å². The molecule has 1 aromatic carbocycles. The standard InChI is InChI=1S/C16H22N2OS/c1-12-5-3-6-13(11-12)14-17-16(7-8-16)15(19)18(14)9-4-10-20-2/h3,5-6,11,14,17H,4,7-10H2,1-2H3. The zero-order valence-electron chi connectivity index (χ0n) is 12.2. The molecule has 0 radical (unpaired) electrons. The Hall–Kier alpha value is -1.00. The first-order chi connectivity index (χ1) is 9.66. The molecule has 1 atom stereocenters. The molecule has 3 nitrogen and oxygen atoms in total. The van der Waals surface area contributed by atoms with Crippen LogP contribution in [-0.2, 0) is 4.79 Å². The zero-order valence-corrected chi connectivity index (χ0v) is 13.0. The molecule has 1 unspecified atom stereocenters. The van der Waals surface area contributed by atoms with Gasteiger partial charge in [0.05, 0.1) is 0 Å². The molecule has 4 heteroatoms. The van der Waals surface area contributed by atoms with Crippen LogP contribution in [0.4, 0.5) is 0 Å². The van der Waals surface area contributed by atoms with Gasteiger partial charge in [-0.3, -0.25) is 10.1 Å². The monoisotopic (exact) mass is 290 g/mol. The van der Waals surface area contributed by atoms with E-state index in [4.69, 9.17) is 0 Å². The Morgan fingerprint density at radius 1 is 1.45 bits per heavy atom. The van der Waals surface area contributed by atoms with Crippen LogP contribution in [-0.4, -0.2) is 34.9 Å². The van der Waals surface area contributed by atoms with Gasteiger partial charge in [0, 0.05) is 6.54 Å². The van der Waals surface area contributed by atoms with Crippen molar-refractivity contribution in [3.63, 3.8) is 0 Å². The SMILES string of the molecule is CSCCCN1C(=O)C2(CC2)NC1c1cccc(C)c1. The molecule has 1 saturated heterocycles. The summed E-state index contributed by atoms with van der Waals surface area (Å²) in [4.78, 5) is 14.7. The highest BCUT2D eigenvalue weighted by Crippen LogP contribution is 2.46. The molecule has 20 heavy (non-hydrogen) atoms. The van der Waals surface area contributed by atoms with E-state index in [-0.39, 0.29) is 11.7 Å². The average molecular weight is 290 g/mol. The van der Waals surface area contributed by atoms with E-state index in [0.717, 1.165) is 31.6 Å². The minimum absolute atomic E-state index is 0.0618. The van der Waals surface area contributed by atoms with Crippen molar-refractivity contribution < 1.29 is 4.79 Å². The number of benzene rings is 1. The van der Waals surface area contributed by atoms with Crippen LogP contribution >= 0.6 is 11.8 Å². The number of amides is 1. The third kappa shape index (κ3) is 2.47. The summed E-state index contributed by atoms with van der Waals surface area (Å²) in [5, 5.41) is 3.58. The topological polar surface area (TPSA) is 32.3 Å². The molecule has 0 aromatic heterocycles. The molecule has 1 N–H and O–H groups in total. The minimum atomic E-state index is -0.228. The van der Waals surface area contributed by atoms with E-state index in [0.29, 0.717) is 5.91 Å². The predicted octanol–water partition coefficient (Wildman–Crippen LogP) is 2.71. The number of nitrogens with one attached hydrogen (secondary N) is 1. The number of carbonyl (C=O) groups is 1. The quantitative estimate of drug-likeness (QED) is 0.846. The summed E-state index contributed by atoms with van der Waals surface area (Å²) >= 11 is 1.84. The number of thioether (sulfide) groups is 1. The highest BCUT2D eigenvalue weighted by atomic mass is 32.2. The fourth-order valence-corrected chi connectivity index (χ4v) is 3.41. The summed E-state index contributed by atoms with van der Waals surface area (Å²) in [6.45, 7) is 2.96. The molecule has 1 heterocycles. The minimum Gasteiger partial charge on any atom is -0.321 e. The van der Waals surface area contributed by atoms with E-state index in [9.17, 15) is 4.79 Å². The number of rotatable bonds is 5. The maximum atomic E-state index is 12.6. The van der Waals surface area contributed by atoms with Crippen molar-refractivity contribution in [1.82, 2.24) is 10.2 Å². The van der Waals surface area contributed by atoms with Crippen LogP contribution in [0.2, 0.25) is 0 Å². The van der Waals surface area contributed by atoms with E-state index in [1.807, 2.05) is 11.8 Å². The smallest absolute Gasteiger partial charge is 0.244 e. The van der Waals surface area contributed by atoms with E-state index >= 15 is 0 Å². The van der Waals surface area contributed by atoms with Gasteiger partial charge in [0.1, 0.15) is 11.7 Å². The van der Waals surface area contributed by atoms with E-state index in [1.165, 1.54) is 11.1 Å². The van der Waals surface area contributed by atoms with Gasteiger partial charge in [-0.05, 0) is 43.8 Å². The van der Waals surface area contributed by atoms with Gasteiger partial charge in [-0.15, -0.1) is 0 Å². The summed E-state index contributed by atoms with van der Waals surface area (Å²) in [5.74, 6) is 1.42. The van der Waals surface area contributed by atoms with Crippen molar-refractivity contribution in [3.8, 4) is 0 Å². The van der Waals surface area contributed by atoms with Gasteiger partial charge in [-0.1, -0.05) is 29.8 Å². The summed E-state index contributed by atoms with van der Waals surface area (Å²) in [7, 11) is 0. The van der Waals surface area contributed by atoms with E-state index in [2.05, 4.69) is 47.7 Å². The average Bonchev–Trinajstić information content (AvgIpc) is 3.16. The number of hydrogen-bond donors (Lipinski definition) is 1. The first kappa shape index (κ1) is 14.0. The number of carbonyl (C=O) groups excluding carboxylic acids is 1. The Balaban J connectivity index is 1.81. The molecule has 2 fully saturated rings. The molecule has 1 aromatic rings. The van der Waals surface area contributed by atoms with Gasteiger partial charge >= 0.3 is 0 Å². The Kier molecular flexibility index (Phi) is 3.78. The molecular weight excluding hydrogens is 268 g/mol. The summed E-state index contributed by atoms with van der Waals surface area (Å²) in [5.41, 5.74) is 2.23. The van der Waals surface area contributed by atoms with Crippen molar-refractivity contribution >= 4 is 17.7 Å². The van der Waals surface area contributed by atoms with Gasteiger partial charge < -0.3 is 4.90 Å². The first-order valence-electron chi connectivity index (χ1n) is 7.30. The summed E-state index contributed by atoms with van der Waals surface area (Å²) < 4.78 is 0. The fourth-order valence-electron chi connectivity index (χ4n) is 2.99. The molecule has 1 spiro atoms. The molecule has 3 rings (SSSR count). The Labute approximate surface area is 125 Å². The van der Waals surface area contributed by atoms with Crippen molar-refractivity contribution in [1.29, 1.82) is 0 Å². The number of hydrogen-bond acceptors (Lipinski definition) is 3. The van der Waals surface area contributed by atoms with E-state index in [1.54, 1.807) is 0 Å². The van der Waals surface area contributed by atoms with Crippen molar-refractivity contribution in [2.75, 3.05) is 18.6 Å². The highest BCUT2D eigenvalue weighted by Gasteiger charge is 2.59. The maximum Gasteiger partial charge on any atom is 0.244 e. The molecular formula is C16H22N2OS. The van der Waals surface area contributed by atoms with Crippen molar-refractivity contribution in [3.05, 3.63) is 35.4 Å². The van der Waals surface area contributed by atoms with Crippen LogP contribution in [0.1, 0.15) is 36.6 Å². The molecule has 1 aliphatic heterocycles. The first-order valence-corrected chi connectivity index (χ1v) is 8.70. The van der Waals surface area contributed by atoms with Gasteiger partial charge in [-0.2, -0.15) is 11.8 Å². The largest absolute Gasteiger partial charge is 0.321 e. The fraction of sp³-hybridized carbons (Fsp3) is 0.562. The lowest BCUT2D eigenvalue weighted by atomic mass is 10.1. The van der Waals surface area contributed by atoms with Crippen LogP contribution in [0, 0.1) is 6.92 Å². The second-order valence-electron chi connectivity index (χ2n) is 5.89.